The van der Waals surface area contributed by atoms with E-state index in [4.69, 9.17) is 0 Å². The Morgan fingerprint density at radius 1 is 1.13 bits per heavy atom. The van der Waals surface area contributed by atoms with Crippen LogP contribution in [0, 0.1) is 5.82 Å². The van der Waals surface area contributed by atoms with E-state index in [0.29, 0.717) is 16.8 Å². The molecule has 1 N–H and O–H groups in total. The molecule has 0 unspecified atom stereocenters. The summed E-state index contributed by atoms with van der Waals surface area (Å²) in [5.41, 5.74) is 1.78. The Labute approximate surface area is 133 Å². The zero-order valence-corrected chi connectivity index (χ0v) is 12.5. The van der Waals surface area contributed by atoms with Gasteiger partial charge in [0, 0.05) is 16.8 Å². The summed E-state index contributed by atoms with van der Waals surface area (Å²) in [6, 6.07) is 12.1. The summed E-state index contributed by atoms with van der Waals surface area (Å²) in [7, 11) is 0. The Kier molecular flexibility index (Phi) is 3.70. The summed E-state index contributed by atoms with van der Waals surface area (Å²) in [5.74, 6) is -1.28. The van der Waals surface area contributed by atoms with Crippen molar-refractivity contribution in [1.82, 2.24) is 4.90 Å². The molecule has 1 heterocycles. The van der Waals surface area contributed by atoms with E-state index in [1.165, 1.54) is 23.1 Å². The topological polar surface area (TPSA) is 49.4 Å². The summed E-state index contributed by atoms with van der Waals surface area (Å²) < 4.78 is 13.6. The lowest BCUT2D eigenvalue weighted by atomic mass is 10.1. The molecule has 2 aromatic rings. The molecule has 1 aliphatic heterocycles. The van der Waals surface area contributed by atoms with E-state index in [1.807, 2.05) is 6.07 Å². The van der Waals surface area contributed by atoms with Gasteiger partial charge in [-0.3, -0.25) is 14.5 Å². The van der Waals surface area contributed by atoms with Crippen molar-refractivity contribution < 1.29 is 14.0 Å². The number of hydrogen-bond donors (Lipinski definition) is 1. The third-order valence-electron chi connectivity index (χ3n) is 3.88. The molecule has 2 amide bonds. The maximum Gasteiger partial charge on any atom is 0.259 e. The summed E-state index contributed by atoms with van der Waals surface area (Å²) >= 11 is 0. The van der Waals surface area contributed by atoms with Crippen LogP contribution in [0.5, 0.6) is 0 Å². The molecule has 5 heteroatoms. The number of halogens is 1. The molecule has 2 aromatic carbocycles. The predicted octanol–water partition coefficient (Wildman–Crippen LogP) is 3.28. The molecule has 0 bridgehead atoms. The number of amides is 2. The molecular formula is C18H15FN2O2. The second-order valence-electron chi connectivity index (χ2n) is 5.31. The molecule has 0 fully saturated rings. The van der Waals surface area contributed by atoms with E-state index in [0.717, 1.165) is 0 Å². The lowest BCUT2D eigenvalue weighted by molar-refractivity contribution is -0.119. The second-order valence-corrected chi connectivity index (χ2v) is 5.31. The average molecular weight is 310 g/mol. The van der Waals surface area contributed by atoms with Crippen molar-refractivity contribution in [1.29, 1.82) is 0 Å². The summed E-state index contributed by atoms with van der Waals surface area (Å²) in [6.07, 6.45) is 0. The van der Waals surface area contributed by atoms with Gasteiger partial charge in [-0.2, -0.15) is 0 Å². The van der Waals surface area contributed by atoms with E-state index >= 15 is 0 Å². The Bertz CT molecular complexity index is 781. The normalized spacial score (nSPS) is 14.6. The van der Waals surface area contributed by atoms with Crippen molar-refractivity contribution in [2.75, 3.05) is 5.32 Å². The molecule has 1 aliphatic rings. The first kappa shape index (κ1) is 15.0. The van der Waals surface area contributed by atoms with Crippen molar-refractivity contribution >= 4 is 23.2 Å². The van der Waals surface area contributed by atoms with Crippen molar-refractivity contribution in [3.8, 4) is 0 Å². The van der Waals surface area contributed by atoms with Crippen LogP contribution in [0.2, 0.25) is 0 Å². The monoisotopic (exact) mass is 310 g/mol. The summed E-state index contributed by atoms with van der Waals surface area (Å²) in [5, 5.41) is 2.51. The number of nitrogens with zero attached hydrogens (tertiary/aromatic N) is 1. The van der Waals surface area contributed by atoms with Gasteiger partial charge in [0.2, 0.25) is 5.91 Å². The minimum atomic E-state index is -0.804. The van der Waals surface area contributed by atoms with Crippen LogP contribution in [0.25, 0.3) is 5.70 Å². The zero-order valence-electron chi connectivity index (χ0n) is 12.5. The Balaban J connectivity index is 1.83. The van der Waals surface area contributed by atoms with Crippen LogP contribution < -0.4 is 5.32 Å². The first-order chi connectivity index (χ1) is 11.0. The van der Waals surface area contributed by atoms with Crippen LogP contribution in [-0.2, 0) is 4.79 Å². The quantitative estimate of drug-likeness (QED) is 0.946. The maximum absolute atomic E-state index is 13.6. The second kappa shape index (κ2) is 5.68. The van der Waals surface area contributed by atoms with Gasteiger partial charge in [0.15, 0.2) is 0 Å². The van der Waals surface area contributed by atoms with Crippen LogP contribution in [0.15, 0.2) is 55.1 Å². The van der Waals surface area contributed by atoms with Gasteiger partial charge in [-0.1, -0.05) is 36.9 Å². The largest absolute Gasteiger partial charge is 0.322 e. The number of hydrogen-bond acceptors (Lipinski definition) is 2. The molecule has 0 radical (unpaired) electrons. The van der Waals surface area contributed by atoms with E-state index < -0.39 is 17.8 Å². The molecular weight excluding hydrogens is 295 g/mol. The van der Waals surface area contributed by atoms with Crippen LogP contribution in [0.3, 0.4) is 0 Å². The predicted molar refractivity (Wildman–Crippen MR) is 86.1 cm³/mol. The van der Waals surface area contributed by atoms with E-state index in [-0.39, 0.29) is 11.6 Å². The van der Waals surface area contributed by atoms with Gasteiger partial charge in [-0.25, -0.2) is 4.39 Å². The fourth-order valence-corrected chi connectivity index (χ4v) is 2.63. The minimum absolute atomic E-state index is 0.0825. The highest BCUT2D eigenvalue weighted by Gasteiger charge is 2.36. The first-order valence-electron chi connectivity index (χ1n) is 7.18. The van der Waals surface area contributed by atoms with Gasteiger partial charge in [0.1, 0.15) is 11.9 Å². The lowest BCUT2D eigenvalue weighted by Crippen LogP contribution is -2.41. The van der Waals surface area contributed by atoms with E-state index in [1.54, 1.807) is 31.2 Å². The van der Waals surface area contributed by atoms with Gasteiger partial charge in [0.25, 0.3) is 5.91 Å². The lowest BCUT2D eigenvalue weighted by Gasteiger charge is -2.24. The molecule has 3 rings (SSSR count). The zero-order chi connectivity index (χ0) is 16.6. The third kappa shape index (κ3) is 2.50. The van der Waals surface area contributed by atoms with Gasteiger partial charge in [-0.05, 0) is 25.1 Å². The van der Waals surface area contributed by atoms with Gasteiger partial charge >= 0.3 is 0 Å². The van der Waals surface area contributed by atoms with Crippen LogP contribution in [0.1, 0.15) is 22.8 Å². The number of benzene rings is 2. The fraction of sp³-hybridized carbons (Fsp3) is 0.111. The SMILES string of the molecule is C=C1c2ccccc2C(=O)N1[C@H](C)C(=O)Nc1ccccc1F. The van der Waals surface area contributed by atoms with Crippen molar-refractivity contribution in [2.24, 2.45) is 0 Å². The van der Waals surface area contributed by atoms with Gasteiger partial charge in [0.05, 0.1) is 5.69 Å². The maximum atomic E-state index is 13.6. The number of rotatable bonds is 3. The number of anilines is 1. The number of carbonyl (C=O) groups is 2. The molecule has 0 aromatic heterocycles. The standard InChI is InChI=1S/C18H15FN2O2/c1-11-13-7-3-4-8-14(13)18(23)21(11)12(2)17(22)20-16-10-6-5-9-15(16)19/h3-10,12H,1H2,2H3,(H,20,22)/t12-/m1/s1. The van der Waals surface area contributed by atoms with Crippen LogP contribution >= 0.6 is 0 Å². The molecule has 116 valence electrons. The summed E-state index contributed by atoms with van der Waals surface area (Å²) in [6.45, 7) is 5.49. The highest BCUT2D eigenvalue weighted by Crippen LogP contribution is 2.33. The van der Waals surface area contributed by atoms with E-state index in [9.17, 15) is 14.0 Å². The number of fused-ring (bicyclic) bond motifs is 1. The molecule has 0 spiro atoms. The third-order valence-corrected chi connectivity index (χ3v) is 3.88. The number of nitrogens with one attached hydrogen (secondary N) is 1. The molecule has 0 saturated carbocycles. The number of carbonyl (C=O) groups excluding carboxylic acids is 2. The number of para-hydroxylation sites is 1. The van der Waals surface area contributed by atoms with Crippen LogP contribution in [-0.4, -0.2) is 22.8 Å². The highest BCUT2D eigenvalue weighted by molar-refractivity contribution is 6.11. The molecule has 0 saturated heterocycles. The fourth-order valence-electron chi connectivity index (χ4n) is 2.63. The Morgan fingerprint density at radius 2 is 1.74 bits per heavy atom. The minimum Gasteiger partial charge on any atom is -0.322 e. The molecule has 4 nitrogen and oxygen atoms in total. The Morgan fingerprint density at radius 3 is 2.39 bits per heavy atom. The van der Waals surface area contributed by atoms with Crippen molar-refractivity contribution in [3.63, 3.8) is 0 Å². The molecule has 1 atom stereocenters. The molecule has 23 heavy (non-hydrogen) atoms. The average Bonchev–Trinajstić information content (AvgIpc) is 2.81. The molecule has 0 aliphatic carbocycles. The van der Waals surface area contributed by atoms with Gasteiger partial charge < -0.3 is 5.32 Å². The smallest absolute Gasteiger partial charge is 0.259 e. The highest BCUT2D eigenvalue weighted by atomic mass is 19.1. The summed E-state index contributed by atoms with van der Waals surface area (Å²) in [4.78, 5) is 26.2. The Hall–Kier alpha value is -2.95. The van der Waals surface area contributed by atoms with Crippen molar-refractivity contribution in [3.05, 3.63) is 72.1 Å². The van der Waals surface area contributed by atoms with Gasteiger partial charge in [-0.15, -0.1) is 0 Å². The van der Waals surface area contributed by atoms with Crippen LogP contribution in [0.4, 0.5) is 10.1 Å². The first-order valence-corrected chi connectivity index (χ1v) is 7.18. The van der Waals surface area contributed by atoms with E-state index in [2.05, 4.69) is 11.9 Å². The van der Waals surface area contributed by atoms with Crippen molar-refractivity contribution in [2.45, 2.75) is 13.0 Å².